The van der Waals surface area contributed by atoms with Gasteiger partial charge in [0, 0.05) is 6.54 Å². The van der Waals surface area contributed by atoms with Crippen LogP contribution in [-0.2, 0) is 28.6 Å². The lowest BCUT2D eigenvalue weighted by molar-refractivity contribution is -0.151. The molecule has 1 aliphatic heterocycles. The summed E-state index contributed by atoms with van der Waals surface area (Å²) in [6.45, 7) is 8.34. The van der Waals surface area contributed by atoms with Crippen molar-refractivity contribution in [2.75, 3.05) is 34.0 Å². The van der Waals surface area contributed by atoms with E-state index in [0.717, 1.165) is 16.7 Å². The average molecular weight is 474 g/mol. The number of piperidine rings is 1. The van der Waals surface area contributed by atoms with Crippen LogP contribution in [0.25, 0.3) is 0 Å². The fourth-order valence-electron chi connectivity index (χ4n) is 4.58. The van der Waals surface area contributed by atoms with E-state index in [1.54, 1.807) is 25.6 Å². The number of benzene rings is 2. The zero-order valence-electron chi connectivity index (χ0n) is 19.7. The Hall–Kier alpha value is -2.44. The summed E-state index contributed by atoms with van der Waals surface area (Å²) in [6.07, 6.45) is 0.329. The Morgan fingerprint density at radius 3 is 2.18 bits per heavy atom. The van der Waals surface area contributed by atoms with Crippen molar-refractivity contribution in [3.8, 4) is 5.75 Å². The van der Waals surface area contributed by atoms with Crippen LogP contribution in [0, 0.1) is 0 Å². The normalized spacial score (nSPS) is 21.6. The molecule has 0 saturated carbocycles. The first kappa shape index (κ1) is 25.2. The predicted molar refractivity (Wildman–Crippen MR) is 127 cm³/mol. The van der Waals surface area contributed by atoms with Crippen LogP contribution in [-0.4, -0.2) is 44.6 Å². The second kappa shape index (κ2) is 10.7. The van der Waals surface area contributed by atoms with E-state index < -0.39 is 25.2 Å². The van der Waals surface area contributed by atoms with Crippen LogP contribution in [0.2, 0.25) is 0 Å². The minimum atomic E-state index is -3.79. The van der Waals surface area contributed by atoms with Crippen LogP contribution in [0.5, 0.6) is 5.75 Å². The van der Waals surface area contributed by atoms with Gasteiger partial charge in [-0.1, -0.05) is 54.6 Å². The second-order valence-corrected chi connectivity index (χ2v) is 9.80. The van der Waals surface area contributed by atoms with E-state index in [4.69, 9.17) is 18.5 Å². The van der Waals surface area contributed by atoms with E-state index in [1.165, 1.54) is 7.11 Å². The summed E-state index contributed by atoms with van der Waals surface area (Å²) in [6, 6.07) is 16.1. The van der Waals surface area contributed by atoms with E-state index in [9.17, 15) is 9.36 Å². The van der Waals surface area contributed by atoms with Gasteiger partial charge in [0.15, 0.2) is 0 Å². The molecule has 1 saturated heterocycles. The zero-order valence-corrected chi connectivity index (χ0v) is 20.5. The van der Waals surface area contributed by atoms with E-state index in [2.05, 4.69) is 6.58 Å². The summed E-state index contributed by atoms with van der Waals surface area (Å²) in [5.74, 6) is 0.228. The van der Waals surface area contributed by atoms with Gasteiger partial charge in [0.1, 0.15) is 11.2 Å². The molecule has 0 N–H and O–H groups in total. The molecule has 0 aliphatic carbocycles. The van der Waals surface area contributed by atoms with Crippen LogP contribution < -0.4 is 4.74 Å². The van der Waals surface area contributed by atoms with Crippen molar-refractivity contribution in [3.05, 3.63) is 77.9 Å². The van der Waals surface area contributed by atoms with Gasteiger partial charge in [-0.2, -0.15) is 4.67 Å². The van der Waals surface area contributed by atoms with Crippen molar-refractivity contribution in [1.82, 2.24) is 4.67 Å². The number of carbonyl (C=O) groups excluding carboxylic acids is 1. The van der Waals surface area contributed by atoms with Crippen LogP contribution >= 0.6 is 7.75 Å². The number of esters is 1. The zero-order chi connectivity index (χ0) is 24.1. The Labute approximate surface area is 195 Å². The van der Waals surface area contributed by atoms with Crippen molar-refractivity contribution in [3.63, 3.8) is 0 Å². The number of methoxy groups -OCH3 is 2. The number of nitrogens with zero attached hydrogens (tertiary/aromatic N) is 1. The van der Waals surface area contributed by atoms with E-state index in [-0.39, 0.29) is 19.8 Å². The van der Waals surface area contributed by atoms with Crippen molar-refractivity contribution < 1.29 is 27.9 Å². The Morgan fingerprint density at radius 1 is 1.06 bits per heavy atom. The molecule has 2 aromatic rings. The smallest absolute Gasteiger partial charge is 0.409 e. The molecule has 178 valence electrons. The molecule has 0 radical (unpaired) electrons. The monoisotopic (exact) mass is 473 g/mol. The predicted octanol–water partition coefficient (Wildman–Crippen LogP) is 5.29. The highest BCUT2D eigenvalue weighted by molar-refractivity contribution is 7.51. The molecule has 2 atom stereocenters. The quantitative estimate of drug-likeness (QED) is 0.278. The number of carbonyl (C=O) groups is 1. The lowest BCUT2D eigenvalue weighted by atomic mass is 9.66. The van der Waals surface area contributed by atoms with Gasteiger partial charge in [0.2, 0.25) is 0 Å². The topological polar surface area (TPSA) is 74.3 Å². The highest BCUT2D eigenvalue weighted by Crippen LogP contribution is 2.63. The van der Waals surface area contributed by atoms with Crippen LogP contribution in [0.15, 0.2) is 66.7 Å². The standard InChI is InChI=1S/C25H32NO6P/c1-6-31-33(28,32-7-2)26-18-19(3)17-25(24(27)30-5,21-11-9-8-10-12-21)23(26)20-13-15-22(29-4)16-14-20/h8-16,23H,3,6-7,17-18H2,1-2,4-5H3/t23-,25+/m0/s1. The maximum absolute atomic E-state index is 14.1. The third-order valence-corrected chi connectivity index (χ3v) is 8.02. The summed E-state index contributed by atoms with van der Waals surface area (Å²) in [5.41, 5.74) is 1.01. The summed E-state index contributed by atoms with van der Waals surface area (Å²) >= 11 is 0. The summed E-state index contributed by atoms with van der Waals surface area (Å²) in [7, 11) is -0.834. The van der Waals surface area contributed by atoms with Gasteiger partial charge in [-0.15, -0.1) is 0 Å². The second-order valence-electron chi connectivity index (χ2n) is 7.83. The maximum Gasteiger partial charge on any atom is 0.409 e. The Bertz CT molecular complexity index is 999. The lowest BCUT2D eigenvalue weighted by Gasteiger charge is -2.50. The van der Waals surface area contributed by atoms with Gasteiger partial charge in [-0.05, 0) is 43.5 Å². The largest absolute Gasteiger partial charge is 0.497 e. The van der Waals surface area contributed by atoms with Crippen LogP contribution in [0.1, 0.15) is 37.4 Å². The highest BCUT2D eigenvalue weighted by Gasteiger charge is 2.58. The molecule has 0 spiro atoms. The number of ether oxygens (including phenoxy) is 2. The average Bonchev–Trinajstić information content (AvgIpc) is 2.83. The van der Waals surface area contributed by atoms with Crippen LogP contribution in [0.4, 0.5) is 0 Å². The number of hydrogen-bond acceptors (Lipinski definition) is 6. The lowest BCUT2D eigenvalue weighted by Crippen LogP contribution is -2.53. The van der Waals surface area contributed by atoms with Gasteiger partial charge < -0.3 is 9.47 Å². The van der Waals surface area contributed by atoms with Crippen molar-refractivity contribution in [2.45, 2.75) is 31.7 Å². The van der Waals surface area contributed by atoms with Gasteiger partial charge in [0.05, 0.1) is 33.5 Å². The molecule has 1 heterocycles. The number of hydrogen-bond donors (Lipinski definition) is 0. The summed E-state index contributed by atoms with van der Waals surface area (Å²) < 4.78 is 37.9. The molecule has 0 aromatic heterocycles. The van der Waals surface area contributed by atoms with Crippen molar-refractivity contribution in [2.24, 2.45) is 0 Å². The SMILES string of the molecule is C=C1CN(P(=O)(OCC)OCC)[C@@H](c2ccc(OC)cc2)[C@](C(=O)OC)(c2ccccc2)C1. The molecule has 2 aromatic carbocycles. The van der Waals surface area contributed by atoms with Gasteiger partial charge in [0.25, 0.3) is 0 Å². The van der Waals surface area contributed by atoms with E-state index in [0.29, 0.717) is 12.2 Å². The third kappa shape index (κ3) is 4.78. The molecule has 0 bridgehead atoms. The van der Waals surface area contributed by atoms with Gasteiger partial charge >= 0.3 is 13.7 Å². The minimum Gasteiger partial charge on any atom is -0.497 e. The minimum absolute atomic E-state index is 0.187. The van der Waals surface area contributed by atoms with Crippen molar-refractivity contribution >= 4 is 13.7 Å². The molecule has 1 aliphatic rings. The maximum atomic E-state index is 14.1. The highest BCUT2D eigenvalue weighted by atomic mass is 31.2. The molecule has 3 rings (SSSR count). The summed E-state index contributed by atoms with van der Waals surface area (Å²) in [5, 5.41) is 0. The van der Waals surface area contributed by atoms with E-state index >= 15 is 0 Å². The Morgan fingerprint density at radius 2 is 1.67 bits per heavy atom. The first-order valence-electron chi connectivity index (χ1n) is 11.0. The van der Waals surface area contributed by atoms with E-state index in [1.807, 2.05) is 54.6 Å². The van der Waals surface area contributed by atoms with Gasteiger partial charge in [-0.3, -0.25) is 13.8 Å². The fourth-order valence-corrected chi connectivity index (χ4v) is 6.59. The summed E-state index contributed by atoms with van der Waals surface area (Å²) in [4.78, 5) is 13.6. The molecular weight excluding hydrogens is 441 g/mol. The molecule has 0 amide bonds. The molecule has 33 heavy (non-hydrogen) atoms. The van der Waals surface area contributed by atoms with Gasteiger partial charge in [-0.25, -0.2) is 4.57 Å². The number of rotatable bonds is 9. The van der Waals surface area contributed by atoms with Crippen LogP contribution in [0.3, 0.4) is 0 Å². The molecule has 7 nitrogen and oxygen atoms in total. The first-order chi connectivity index (χ1) is 15.9. The Kier molecular flexibility index (Phi) is 8.14. The third-order valence-electron chi connectivity index (χ3n) is 5.85. The molecule has 1 fully saturated rings. The fraction of sp³-hybridized carbons (Fsp3) is 0.400. The molecule has 8 heteroatoms. The van der Waals surface area contributed by atoms with Crippen molar-refractivity contribution in [1.29, 1.82) is 0 Å². The first-order valence-corrected chi connectivity index (χ1v) is 12.5. The Balaban J connectivity index is 2.34. The molecular formula is C25H32NO6P. The molecule has 0 unspecified atom stereocenters.